The summed E-state index contributed by atoms with van der Waals surface area (Å²) in [7, 11) is 0. The van der Waals surface area contributed by atoms with Crippen molar-refractivity contribution in [1.29, 1.82) is 0 Å². The van der Waals surface area contributed by atoms with E-state index in [0.717, 1.165) is 30.8 Å². The Morgan fingerprint density at radius 2 is 2.21 bits per heavy atom. The minimum atomic E-state index is -0.558. The zero-order chi connectivity index (χ0) is 16.7. The van der Waals surface area contributed by atoms with Crippen LogP contribution in [0.2, 0.25) is 0 Å². The highest BCUT2D eigenvalue weighted by atomic mass is 19.1. The molecule has 0 bridgehead atoms. The molecule has 7 heteroatoms. The Balaban J connectivity index is 1.75. The van der Waals surface area contributed by atoms with Crippen LogP contribution in [0.1, 0.15) is 34.8 Å². The summed E-state index contributed by atoms with van der Waals surface area (Å²) < 4.78 is 15.1. The molecule has 1 amide bonds. The van der Waals surface area contributed by atoms with Crippen LogP contribution in [-0.2, 0) is 0 Å². The van der Waals surface area contributed by atoms with Crippen LogP contribution in [-0.4, -0.2) is 27.0 Å². The summed E-state index contributed by atoms with van der Waals surface area (Å²) in [5.41, 5.74) is 7.03. The van der Waals surface area contributed by atoms with Gasteiger partial charge in [0.15, 0.2) is 5.65 Å². The van der Waals surface area contributed by atoms with E-state index in [4.69, 9.17) is 5.73 Å². The fraction of sp³-hybridized carbons (Fsp3) is 0.235. The van der Waals surface area contributed by atoms with Crippen molar-refractivity contribution in [1.82, 2.24) is 14.6 Å². The van der Waals surface area contributed by atoms with Crippen molar-refractivity contribution in [2.75, 3.05) is 11.4 Å². The van der Waals surface area contributed by atoms with Gasteiger partial charge in [0.05, 0.1) is 12.2 Å². The minimum absolute atomic E-state index is 0.0654. The van der Waals surface area contributed by atoms with Crippen LogP contribution in [0.25, 0.3) is 5.65 Å². The largest absolute Gasteiger partial charge is 0.365 e. The van der Waals surface area contributed by atoms with Crippen molar-refractivity contribution in [3.05, 3.63) is 59.7 Å². The van der Waals surface area contributed by atoms with E-state index in [-0.39, 0.29) is 11.9 Å². The maximum atomic E-state index is 13.6. The first-order valence-corrected chi connectivity index (χ1v) is 7.80. The first-order chi connectivity index (χ1) is 11.6. The third kappa shape index (κ3) is 2.38. The van der Waals surface area contributed by atoms with Gasteiger partial charge < -0.3 is 10.6 Å². The van der Waals surface area contributed by atoms with Crippen molar-refractivity contribution in [3.8, 4) is 0 Å². The van der Waals surface area contributed by atoms with Crippen LogP contribution < -0.4 is 10.6 Å². The van der Waals surface area contributed by atoms with Crippen molar-refractivity contribution in [2.45, 2.75) is 18.9 Å². The maximum Gasteiger partial charge on any atom is 0.254 e. The molecule has 4 rings (SSSR count). The Hall–Kier alpha value is -2.96. The lowest BCUT2D eigenvalue weighted by Gasteiger charge is -2.26. The smallest absolute Gasteiger partial charge is 0.254 e. The molecule has 0 aliphatic carbocycles. The molecular weight excluding hydrogens is 309 g/mol. The Bertz CT molecular complexity index is 922. The lowest BCUT2D eigenvalue weighted by molar-refractivity contribution is 0.100. The normalized spacial score (nSPS) is 17.5. The van der Waals surface area contributed by atoms with Crippen molar-refractivity contribution in [2.24, 2.45) is 5.73 Å². The fourth-order valence-electron chi connectivity index (χ4n) is 3.29. The summed E-state index contributed by atoms with van der Waals surface area (Å²) in [6.45, 7) is 0.824. The lowest BCUT2D eigenvalue weighted by atomic mass is 10.0. The van der Waals surface area contributed by atoms with Gasteiger partial charge in [-0.15, -0.1) is 0 Å². The van der Waals surface area contributed by atoms with Gasteiger partial charge in [0.1, 0.15) is 17.2 Å². The monoisotopic (exact) mass is 325 g/mol. The van der Waals surface area contributed by atoms with Gasteiger partial charge in [-0.1, -0.05) is 12.1 Å². The zero-order valence-electron chi connectivity index (χ0n) is 12.9. The molecule has 0 saturated carbocycles. The van der Waals surface area contributed by atoms with Gasteiger partial charge in [-0.3, -0.25) is 4.79 Å². The quantitative estimate of drug-likeness (QED) is 0.802. The maximum absolute atomic E-state index is 13.6. The fourth-order valence-corrected chi connectivity index (χ4v) is 3.29. The molecule has 1 aliphatic rings. The molecule has 24 heavy (non-hydrogen) atoms. The van der Waals surface area contributed by atoms with Gasteiger partial charge in [0, 0.05) is 12.7 Å². The SMILES string of the molecule is NC(=O)c1cnn2ccc(N3CCCC3c3cccc(F)c3)nc12. The highest BCUT2D eigenvalue weighted by Gasteiger charge is 2.28. The zero-order valence-corrected chi connectivity index (χ0v) is 12.9. The third-order valence-electron chi connectivity index (χ3n) is 4.40. The molecular formula is C17H16FN5O. The number of amides is 1. The summed E-state index contributed by atoms with van der Waals surface area (Å²) in [5.74, 6) is -0.0652. The van der Waals surface area contributed by atoms with E-state index in [2.05, 4.69) is 15.0 Å². The molecule has 6 nitrogen and oxygen atoms in total. The highest BCUT2D eigenvalue weighted by Crippen LogP contribution is 2.35. The number of carbonyl (C=O) groups excluding carboxylic acids is 1. The molecule has 3 heterocycles. The average Bonchev–Trinajstić information content (AvgIpc) is 3.21. The molecule has 1 fully saturated rings. The standard InChI is InChI=1S/C17H16FN5O/c18-12-4-1-3-11(9-12)14-5-2-7-22(14)15-6-8-23-17(21-15)13(10-20-23)16(19)24/h1,3-4,6,8-10,14H,2,5,7H2,(H2,19,24). The lowest BCUT2D eigenvalue weighted by Crippen LogP contribution is -2.24. The first kappa shape index (κ1) is 14.6. The number of aromatic nitrogens is 3. The molecule has 1 unspecified atom stereocenters. The van der Waals surface area contributed by atoms with Gasteiger partial charge in [0.25, 0.3) is 5.91 Å². The number of carbonyl (C=O) groups is 1. The van der Waals surface area contributed by atoms with E-state index in [0.29, 0.717) is 11.2 Å². The van der Waals surface area contributed by atoms with Gasteiger partial charge >= 0.3 is 0 Å². The number of primary amides is 1. The number of fused-ring (bicyclic) bond motifs is 1. The Morgan fingerprint density at radius 3 is 3.00 bits per heavy atom. The number of anilines is 1. The van der Waals surface area contributed by atoms with Crippen molar-refractivity contribution >= 4 is 17.4 Å². The number of nitrogens with two attached hydrogens (primary N) is 1. The number of nitrogens with zero attached hydrogens (tertiary/aromatic N) is 4. The third-order valence-corrected chi connectivity index (χ3v) is 4.40. The Kier molecular flexibility index (Phi) is 3.41. The number of rotatable bonds is 3. The second kappa shape index (κ2) is 5.59. The molecule has 1 atom stereocenters. The number of hydrogen-bond acceptors (Lipinski definition) is 4. The Morgan fingerprint density at radius 1 is 1.33 bits per heavy atom. The Labute approximate surface area is 137 Å². The molecule has 122 valence electrons. The van der Waals surface area contributed by atoms with Gasteiger partial charge in [-0.05, 0) is 36.6 Å². The molecule has 0 radical (unpaired) electrons. The molecule has 1 saturated heterocycles. The van der Waals surface area contributed by atoms with Crippen LogP contribution in [0, 0.1) is 5.82 Å². The summed E-state index contributed by atoms with van der Waals surface area (Å²) in [5, 5.41) is 4.08. The number of benzene rings is 1. The van der Waals surface area contributed by atoms with E-state index in [9.17, 15) is 9.18 Å². The van der Waals surface area contributed by atoms with Crippen molar-refractivity contribution < 1.29 is 9.18 Å². The molecule has 3 aromatic rings. The molecule has 1 aliphatic heterocycles. The molecule has 0 spiro atoms. The summed E-state index contributed by atoms with van der Waals surface area (Å²) in [6, 6.07) is 8.57. The second-order valence-electron chi connectivity index (χ2n) is 5.88. The first-order valence-electron chi connectivity index (χ1n) is 7.80. The van der Waals surface area contributed by atoms with Crippen molar-refractivity contribution in [3.63, 3.8) is 0 Å². The van der Waals surface area contributed by atoms with Crippen LogP contribution >= 0.6 is 0 Å². The van der Waals surface area contributed by atoms with E-state index in [1.807, 2.05) is 12.1 Å². The van der Waals surface area contributed by atoms with Crippen LogP contribution in [0.4, 0.5) is 10.2 Å². The number of hydrogen-bond donors (Lipinski definition) is 1. The van der Waals surface area contributed by atoms with Gasteiger partial charge in [0.2, 0.25) is 0 Å². The van der Waals surface area contributed by atoms with Crippen LogP contribution in [0.15, 0.2) is 42.7 Å². The average molecular weight is 325 g/mol. The molecule has 1 aromatic carbocycles. The van der Waals surface area contributed by atoms with E-state index >= 15 is 0 Å². The van der Waals surface area contributed by atoms with Crippen LogP contribution in [0.3, 0.4) is 0 Å². The topological polar surface area (TPSA) is 76.5 Å². The van der Waals surface area contributed by atoms with Crippen LogP contribution in [0.5, 0.6) is 0 Å². The number of halogens is 1. The van der Waals surface area contributed by atoms with E-state index in [1.54, 1.807) is 18.3 Å². The predicted molar refractivity (Wildman–Crippen MR) is 87.2 cm³/mol. The summed E-state index contributed by atoms with van der Waals surface area (Å²) >= 11 is 0. The molecule has 2 aromatic heterocycles. The van der Waals surface area contributed by atoms with E-state index in [1.165, 1.54) is 16.8 Å². The molecule has 2 N–H and O–H groups in total. The van der Waals surface area contributed by atoms with Gasteiger partial charge in [-0.25, -0.2) is 13.9 Å². The predicted octanol–water partition coefficient (Wildman–Crippen LogP) is 2.31. The summed E-state index contributed by atoms with van der Waals surface area (Å²) in [6.07, 6.45) is 5.10. The minimum Gasteiger partial charge on any atom is -0.365 e. The summed E-state index contributed by atoms with van der Waals surface area (Å²) in [4.78, 5) is 18.2. The van der Waals surface area contributed by atoms with E-state index < -0.39 is 5.91 Å². The second-order valence-corrected chi connectivity index (χ2v) is 5.88. The van der Waals surface area contributed by atoms with Gasteiger partial charge in [-0.2, -0.15) is 5.10 Å². The highest BCUT2D eigenvalue weighted by molar-refractivity contribution is 5.98.